The Kier molecular flexibility index (Phi) is 8.95. The first-order chi connectivity index (χ1) is 19.8. The summed E-state index contributed by atoms with van der Waals surface area (Å²) in [5, 5.41) is 12.7. The Hall–Kier alpha value is -3.42. The lowest BCUT2D eigenvalue weighted by atomic mass is 9.88. The minimum Gasteiger partial charge on any atom is -0.497 e. The van der Waals surface area contributed by atoms with Gasteiger partial charge in [-0.3, -0.25) is 4.79 Å². The molecule has 1 aliphatic heterocycles. The molecular formula is C31H38N4O4S2. The summed E-state index contributed by atoms with van der Waals surface area (Å²) in [6.45, 7) is 1.12. The normalized spacial score (nSPS) is 19.3. The number of methoxy groups -OCH3 is 1. The van der Waals surface area contributed by atoms with Gasteiger partial charge in [-0.25, -0.2) is 13.4 Å². The predicted octanol–water partition coefficient (Wildman–Crippen LogP) is 5.71. The number of aromatic nitrogens is 1. The van der Waals surface area contributed by atoms with Crippen molar-refractivity contribution in [1.29, 1.82) is 5.26 Å². The van der Waals surface area contributed by atoms with Crippen LogP contribution < -0.4 is 15.0 Å². The zero-order chi connectivity index (χ0) is 28.9. The number of nitrogens with zero attached hydrogens (tertiary/aromatic N) is 3. The Balaban J connectivity index is 0.000000228. The first kappa shape index (κ1) is 29.1. The van der Waals surface area contributed by atoms with Gasteiger partial charge in [0.05, 0.1) is 29.6 Å². The monoisotopic (exact) mass is 594 g/mol. The second-order valence-corrected chi connectivity index (χ2v) is 14.3. The average Bonchev–Trinajstić information content (AvgIpc) is 3.60. The van der Waals surface area contributed by atoms with Crippen molar-refractivity contribution in [3.63, 3.8) is 0 Å². The van der Waals surface area contributed by atoms with E-state index in [1.165, 1.54) is 6.42 Å². The van der Waals surface area contributed by atoms with E-state index in [9.17, 15) is 13.2 Å². The van der Waals surface area contributed by atoms with Crippen LogP contribution in [0, 0.1) is 17.2 Å². The molecule has 2 aliphatic carbocycles. The van der Waals surface area contributed by atoms with E-state index in [0.29, 0.717) is 13.1 Å². The molecule has 8 nitrogen and oxygen atoms in total. The molecule has 3 fully saturated rings. The zero-order valence-corrected chi connectivity index (χ0v) is 25.0. The predicted molar refractivity (Wildman–Crippen MR) is 165 cm³/mol. The summed E-state index contributed by atoms with van der Waals surface area (Å²) in [5.41, 5.74) is 2.73. The molecule has 41 heavy (non-hydrogen) atoms. The molecule has 2 heterocycles. The van der Waals surface area contributed by atoms with E-state index in [0.717, 1.165) is 71.0 Å². The fourth-order valence-corrected chi connectivity index (χ4v) is 7.32. The first-order valence-corrected chi connectivity index (χ1v) is 16.8. The maximum atomic E-state index is 11.8. The summed E-state index contributed by atoms with van der Waals surface area (Å²) in [5.74, 6) is 1.57. The molecule has 0 spiro atoms. The second kappa shape index (κ2) is 12.6. The number of sulfone groups is 1. The van der Waals surface area contributed by atoms with Gasteiger partial charge in [0.25, 0.3) is 0 Å². The average molecular weight is 595 g/mol. The lowest BCUT2D eigenvalue weighted by molar-refractivity contribution is -0.126. The van der Waals surface area contributed by atoms with Crippen molar-refractivity contribution in [3.05, 3.63) is 54.7 Å². The van der Waals surface area contributed by atoms with Crippen molar-refractivity contribution < 1.29 is 19.4 Å². The van der Waals surface area contributed by atoms with E-state index in [4.69, 9.17) is 10.00 Å². The fourth-order valence-electron chi connectivity index (χ4n) is 5.20. The molecule has 10 heteroatoms. The molecule has 2 saturated carbocycles. The third-order valence-electron chi connectivity index (χ3n) is 7.99. The zero-order valence-electron chi connectivity index (χ0n) is 23.3. The van der Waals surface area contributed by atoms with Gasteiger partial charge in [-0.05, 0) is 55.5 Å². The van der Waals surface area contributed by atoms with Crippen LogP contribution >= 0.6 is 11.3 Å². The van der Waals surface area contributed by atoms with E-state index in [1.807, 2.05) is 30.5 Å². The number of benzene rings is 2. The highest BCUT2D eigenvalue weighted by molar-refractivity contribution is 7.91. The molecule has 0 unspecified atom stereocenters. The van der Waals surface area contributed by atoms with Gasteiger partial charge in [0.2, 0.25) is 5.91 Å². The van der Waals surface area contributed by atoms with Crippen molar-refractivity contribution in [2.24, 2.45) is 5.92 Å². The van der Waals surface area contributed by atoms with Crippen LogP contribution in [0.1, 0.15) is 46.4 Å². The van der Waals surface area contributed by atoms with Gasteiger partial charge in [-0.15, -0.1) is 11.3 Å². The number of nitriles is 1. The highest BCUT2D eigenvalue weighted by Crippen LogP contribution is 2.36. The number of anilines is 1. The van der Waals surface area contributed by atoms with E-state index in [2.05, 4.69) is 45.5 Å². The molecule has 6 rings (SSSR count). The third kappa shape index (κ3) is 7.46. The van der Waals surface area contributed by atoms with E-state index in [1.54, 1.807) is 18.4 Å². The number of rotatable bonds is 6. The highest BCUT2D eigenvalue weighted by Gasteiger charge is 2.45. The second-order valence-electron chi connectivity index (χ2n) is 11.0. The van der Waals surface area contributed by atoms with Crippen LogP contribution in [-0.4, -0.2) is 56.6 Å². The van der Waals surface area contributed by atoms with Crippen LogP contribution in [0.5, 0.6) is 5.75 Å². The molecule has 218 valence electrons. The highest BCUT2D eigenvalue weighted by atomic mass is 32.2. The molecule has 0 atom stereocenters. The molecular weight excluding hydrogens is 556 g/mol. The van der Waals surface area contributed by atoms with E-state index in [-0.39, 0.29) is 24.8 Å². The van der Waals surface area contributed by atoms with Crippen molar-refractivity contribution in [1.82, 2.24) is 10.3 Å². The quantitative estimate of drug-likeness (QED) is 0.389. The fraction of sp³-hybridized carbons (Fsp3) is 0.452. The van der Waals surface area contributed by atoms with Gasteiger partial charge in [0.15, 0.2) is 9.84 Å². The summed E-state index contributed by atoms with van der Waals surface area (Å²) < 4.78 is 28.5. The van der Waals surface area contributed by atoms with Crippen LogP contribution in [0.15, 0.2) is 54.7 Å². The Morgan fingerprint density at radius 2 is 1.80 bits per heavy atom. The number of hydrogen-bond donors (Lipinski definition) is 1. The summed E-state index contributed by atoms with van der Waals surface area (Å²) in [6.07, 6.45) is 9.16. The Morgan fingerprint density at radius 3 is 2.44 bits per heavy atom. The molecule has 3 aliphatic rings. The van der Waals surface area contributed by atoms with Gasteiger partial charge in [0.1, 0.15) is 16.3 Å². The number of carbonyl (C=O) groups is 1. The number of thiazole rings is 1. The van der Waals surface area contributed by atoms with Crippen molar-refractivity contribution in [2.45, 2.75) is 50.5 Å². The van der Waals surface area contributed by atoms with Crippen LogP contribution in [0.3, 0.4) is 0 Å². The van der Waals surface area contributed by atoms with Crippen LogP contribution in [0.2, 0.25) is 0 Å². The van der Waals surface area contributed by atoms with Crippen LogP contribution in [0.25, 0.3) is 21.0 Å². The minimum absolute atomic E-state index is 0. The van der Waals surface area contributed by atoms with Crippen LogP contribution in [-0.2, 0) is 14.6 Å². The van der Waals surface area contributed by atoms with Gasteiger partial charge < -0.3 is 15.0 Å². The summed E-state index contributed by atoms with van der Waals surface area (Å²) in [6, 6.07) is 18.3. The minimum atomic E-state index is -2.86. The molecule has 1 aromatic heterocycles. The molecule has 1 amide bonds. The van der Waals surface area contributed by atoms with Crippen molar-refractivity contribution >= 4 is 32.8 Å². The number of hydrogen-bond acceptors (Lipinski definition) is 8. The molecule has 1 N–H and O–H groups in total. The van der Waals surface area contributed by atoms with Gasteiger partial charge in [-0.2, -0.15) is 5.26 Å². The molecule has 0 radical (unpaired) electrons. The number of nitrogens with one attached hydrogen (secondary N) is 1. The Bertz CT molecular complexity index is 1490. The molecule has 2 aromatic carbocycles. The number of carbonyl (C=O) groups excluding carboxylic acids is 1. The summed E-state index contributed by atoms with van der Waals surface area (Å²) in [4.78, 5) is 19.5. The standard InChI is InChI=1S/C20H20N2O3S2.C11H16N2O.H2/c1-25-18-4-2-3-16(13-18)20-21-14-19(26-20)15-5-7-17(8-6-15)22-9-11-27(23,24)12-10-22;12-8-11(6-7-11)13-10(14)9-4-2-1-3-5-9;/h2-8,13-14H,9-12H2,1H3;9H,1-7H2,(H,13,14);1H. The molecule has 0 bridgehead atoms. The van der Waals surface area contributed by atoms with Crippen molar-refractivity contribution in [2.75, 3.05) is 36.6 Å². The first-order valence-electron chi connectivity index (χ1n) is 14.2. The van der Waals surface area contributed by atoms with Gasteiger partial charge >= 0.3 is 0 Å². The van der Waals surface area contributed by atoms with E-state index >= 15 is 0 Å². The van der Waals surface area contributed by atoms with E-state index < -0.39 is 15.4 Å². The maximum absolute atomic E-state index is 11.8. The maximum Gasteiger partial charge on any atom is 0.224 e. The molecule has 3 aromatic rings. The Morgan fingerprint density at radius 1 is 1.10 bits per heavy atom. The third-order valence-corrected chi connectivity index (χ3v) is 10.7. The topological polar surface area (TPSA) is 112 Å². The van der Waals surface area contributed by atoms with Gasteiger partial charge in [0, 0.05) is 37.9 Å². The molecule has 1 saturated heterocycles. The number of ether oxygens (including phenoxy) is 1. The lowest BCUT2D eigenvalue weighted by Crippen LogP contribution is -2.40. The largest absolute Gasteiger partial charge is 0.497 e. The summed E-state index contributed by atoms with van der Waals surface area (Å²) >= 11 is 1.64. The smallest absolute Gasteiger partial charge is 0.224 e. The SMILES string of the molecule is COc1cccc(-c2ncc(-c3ccc(N4CCS(=O)(=O)CC4)cc3)s2)c1.N#CC1(NC(=O)C2CCCCC2)CC1.[HH]. The lowest BCUT2D eigenvalue weighted by Gasteiger charge is -2.28. The number of amides is 1. The Labute approximate surface area is 247 Å². The van der Waals surface area contributed by atoms with Crippen LogP contribution in [0.4, 0.5) is 5.69 Å². The van der Waals surface area contributed by atoms with Crippen molar-refractivity contribution in [3.8, 4) is 32.8 Å². The van der Waals surface area contributed by atoms with Gasteiger partial charge in [-0.1, -0.05) is 43.5 Å². The summed E-state index contributed by atoms with van der Waals surface area (Å²) in [7, 11) is -1.20.